The van der Waals surface area contributed by atoms with Gasteiger partial charge in [0.15, 0.2) is 0 Å². The first kappa shape index (κ1) is 13.7. The van der Waals surface area contributed by atoms with E-state index in [4.69, 9.17) is 5.73 Å². The predicted molar refractivity (Wildman–Crippen MR) is 81.4 cm³/mol. The Balaban J connectivity index is 1.89. The van der Waals surface area contributed by atoms with Gasteiger partial charge in [-0.05, 0) is 46.0 Å². The Morgan fingerprint density at radius 1 is 1.42 bits per heavy atom. The van der Waals surface area contributed by atoms with Gasteiger partial charge in [-0.1, -0.05) is 0 Å². The molecule has 0 saturated heterocycles. The van der Waals surface area contributed by atoms with Gasteiger partial charge in [-0.15, -0.1) is 0 Å². The molecular weight excluding hydrogens is 238 g/mol. The first-order valence-electron chi connectivity index (χ1n) is 6.74. The van der Waals surface area contributed by atoms with Crippen molar-refractivity contribution in [3.05, 3.63) is 18.3 Å². The van der Waals surface area contributed by atoms with Crippen LogP contribution in [0.1, 0.15) is 20.3 Å². The lowest BCUT2D eigenvalue weighted by molar-refractivity contribution is 0.273. The molecule has 0 aliphatic heterocycles. The molecule has 0 atom stereocenters. The van der Waals surface area contributed by atoms with Crippen LogP contribution in [-0.2, 0) is 0 Å². The van der Waals surface area contributed by atoms with E-state index in [1.807, 2.05) is 12.1 Å². The molecule has 5 heteroatoms. The Hall–Kier alpha value is -1.75. The monoisotopic (exact) mass is 261 g/mol. The molecule has 2 aromatic rings. The van der Waals surface area contributed by atoms with Crippen molar-refractivity contribution < 1.29 is 0 Å². The molecule has 1 heterocycles. The van der Waals surface area contributed by atoms with E-state index in [-0.39, 0.29) is 0 Å². The summed E-state index contributed by atoms with van der Waals surface area (Å²) in [5.74, 6) is 0. The fraction of sp³-hybridized carbons (Fsp3) is 0.500. The second-order valence-corrected chi connectivity index (χ2v) is 5.25. The summed E-state index contributed by atoms with van der Waals surface area (Å²) in [5.41, 5.74) is 8.78. The summed E-state index contributed by atoms with van der Waals surface area (Å²) in [6, 6.07) is 4.55. The van der Waals surface area contributed by atoms with Gasteiger partial charge in [0.2, 0.25) is 0 Å². The number of hydrogen-bond donors (Lipinski definition) is 3. The van der Waals surface area contributed by atoms with Gasteiger partial charge in [-0.3, -0.25) is 5.10 Å². The lowest BCUT2D eigenvalue weighted by Crippen LogP contribution is -2.28. The molecular formula is C14H23N5. The molecule has 0 bridgehead atoms. The van der Waals surface area contributed by atoms with E-state index in [9.17, 15) is 0 Å². The highest BCUT2D eigenvalue weighted by Crippen LogP contribution is 2.24. The van der Waals surface area contributed by atoms with Crippen molar-refractivity contribution in [3.8, 4) is 0 Å². The van der Waals surface area contributed by atoms with Crippen LogP contribution >= 0.6 is 0 Å². The zero-order chi connectivity index (χ0) is 13.8. The third-order valence-corrected chi connectivity index (χ3v) is 3.49. The number of nitrogens with two attached hydrogens (primary N) is 1. The number of aromatic amines is 1. The van der Waals surface area contributed by atoms with Crippen LogP contribution in [0, 0.1) is 0 Å². The number of nitrogen functional groups attached to an aromatic ring is 1. The van der Waals surface area contributed by atoms with Crippen molar-refractivity contribution >= 4 is 22.3 Å². The minimum absolute atomic E-state index is 0.589. The van der Waals surface area contributed by atoms with E-state index in [2.05, 4.69) is 41.3 Å². The van der Waals surface area contributed by atoms with Gasteiger partial charge in [0.1, 0.15) is 0 Å². The molecule has 0 saturated carbocycles. The lowest BCUT2D eigenvalue weighted by atomic mass is 10.2. The van der Waals surface area contributed by atoms with E-state index >= 15 is 0 Å². The van der Waals surface area contributed by atoms with Crippen LogP contribution < -0.4 is 11.1 Å². The molecule has 0 unspecified atom stereocenters. The number of nitrogens with zero attached hydrogens (tertiary/aromatic N) is 2. The number of hydrogen-bond acceptors (Lipinski definition) is 4. The molecule has 0 aliphatic rings. The van der Waals surface area contributed by atoms with Gasteiger partial charge >= 0.3 is 0 Å². The van der Waals surface area contributed by atoms with Crippen LogP contribution in [-0.4, -0.2) is 41.3 Å². The molecule has 2 rings (SSSR count). The summed E-state index contributed by atoms with van der Waals surface area (Å²) in [6.45, 7) is 6.41. The van der Waals surface area contributed by atoms with Crippen LogP contribution in [0.4, 0.5) is 11.4 Å². The maximum Gasteiger partial charge on any atom is 0.0672 e. The first-order chi connectivity index (χ1) is 9.08. The van der Waals surface area contributed by atoms with Crippen molar-refractivity contribution in [2.45, 2.75) is 26.3 Å². The van der Waals surface area contributed by atoms with Crippen molar-refractivity contribution in [1.82, 2.24) is 15.1 Å². The lowest BCUT2D eigenvalue weighted by Gasteiger charge is -2.21. The minimum atomic E-state index is 0.589. The molecule has 0 aliphatic carbocycles. The third kappa shape index (κ3) is 3.38. The zero-order valence-electron chi connectivity index (χ0n) is 11.9. The maximum atomic E-state index is 6.02. The second kappa shape index (κ2) is 5.93. The van der Waals surface area contributed by atoms with Gasteiger partial charge in [-0.2, -0.15) is 5.10 Å². The Kier molecular flexibility index (Phi) is 4.27. The second-order valence-electron chi connectivity index (χ2n) is 5.25. The molecule has 19 heavy (non-hydrogen) atoms. The minimum Gasteiger partial charge on any atom is -0.397 e. The van der Waals surface area contributed by atoms with E-state index in [1.54, 1.807) is 6.20 Å². The van der Waals surface area contributed by atoms with Gasteiger partial charge in [0.05, 0.1) is 23.1 Å². The number of nitrogens with one attached hydrogen (secondary N) is 2. The van der Waals surface area contributed by atoms with Gasteiger partial charge < -0.3 is 16.0 Å². The highest BCUT2D eigenvalue weighted by atomic mass is 15.1. The molecule has 1 aromatic carbocycles. The molecule has 0 amide bonds. The van der Waals surface area contributed by atoms with Gasteiger partial charge in [0, 0.05) is 18.0 Å². The largest absolute Gasteiger partial charge is 0.397 e. The van der Waals surface area contributed by atoms with E-state index in [0.717, 1.165) is 41.8 Å². The standard InChI is InChI=1S/C14H23N5/c1-10(2)19(3)6-4-5-16-14-8-13-11(7-12(14)15)9-17-18-13/h7-10,16H,4-6,15H2,1-3H3,(H,17,18). The SMILES string of the molecule is CC(C)N(C)CCCNc1cc2[nH]ncc2cc1N. The van der Waals surface area contributed by atoms with E-state index < -0.39 is 0 Å². The summed E-state index contributed by atoms with van der Waals surface area (Å²) in [7, 11) is 2.15. The summed E-state index contributed by atoms with van der Waals surface area (Å²) in [6.07, 6.45) is 2.88. The smallest absolute Gasteiger partial charge is 0.0672 e. The van der Waals surface area contributed by atoms with E-state index in [1.165, 1.54) is 0 Å². The van der Waals surface area contributed by atoms with Crippen molar-refractivity contribution in [3.63, 3.8) is 0 Å². The van der Waals surface area contributed by atoms with Crippen LogP contribution in [0.3, 0.4) is 0 Å². The fourth-order valence-electron chi connectivity index (χ4n) is 1.97. The Labute approximate surface area is 114 Å². The van der Waals surface area contributed by atoms with Gasteiger partial charge in [0.25, 0.3) is 0 Å². The number of benzene rings is 1. The number of rotatable bonds is 6. The number of aromatic nitrogens is 2. The van der Waals surface area contributed by atoms with Crippen LogP contribution in [0.2, 0.25) is 0 Å². The Bertz CT molecular complexity index is 532. The average molecular weight is 261 g/mol. The molecule has 0 fully saturated rings. The summed E-state index contributed by atoms with van der Waals surface area (Å²) >= 11 is 0. The van der Waals surface area contributed by atoms with Crippen molar-refractivity contribution in [2.24, 2.45) is 0 Å². The highest BCUT2D eigenvalue weighted by Gasteiger charge is 2.05. The van der Waals surface area contributed by atoms with Crippen molar-refractivity contribution in [1.29, 1.82) is 0 Å². The topological polar surface area (TPSA) is 70.0 Å². The Morgan fingerprint density at radius 3 is 2.95 bits per heavy atom. The van der Waals surface area contributed by atoms with Gasteiger partial charge in [-0.25, -0.2) is 0 Å². The van der Waals surface area contributed by atoms with Crippen LogP contribution in [0.25, 0.3) is 10.9 Å². The summed E-state index contributed by atoms with van der Waals surface area (Å²) in [5, 5.41) is 11.4. The number of anilines is 2. The van der Waals surface area contributed by atoms with Crippen LogP contribution in [0.15, 0.2) is 18.3 Å². The third-order valence-electron chi connectivity index (χ3n) is 3.49. The molecule has 0 radical (unpaired) electrons. The molecule has 4 N–H and O–H groups in total. The normalized spacial score (nSPS) is 11.6. The Morgan fingerprint density at radius 2 is 2.21 bits per heavy atom. The molecule has 1 aromatic heterocycles. The van der Waals surface area contributed by atoms with E-state index in [0.29, 0.717) is 6.04 Å². The quantitative estimate of drug-likeness (QED) is 0.551. The molecule has 0 spiro atoms. The first-order valence-corrected chi connectivity index (χ1v) is 6.74. The fourth-order valence-corrected chi connectivity index (χ4v) is 1.97. The van der Waals surface area contributed by atoms with Crippen molar-refractivity contribution in [2.75, 3.05) is 31.2 Å². The zero-order valence-corrected chi connectivity index (χ0v) is 11.9. The van der Waals surface area contributed by atoms with Crippen LogP contribution in [0.5, 0.6) is 0 Å². The maximum absolute atomic E-state index is 6.02. The number of fused-ring (bicyclic) bond motifs is 1. The highest BCUT2D eigenvalue weighted by molar-refractivity contribution is 5.88. The summed E-state index contributed by atoms with van der Waals surface area (Å²) in [4.78, 5) is 2.34. The molecule has 104 valence electrons. The summed E-state index contributed by atoms with van der Waals surface area (Å²) < 4.78 is 0. The molecule has 5 nitrogen and oxygen atoms in total. The number of H-pyrrole nitrogens is 1. The predicted octanol–water partition coefficient (Wildman–Crippen LogP) is 2.29. The average Bonchev–Trinajstić information content (AvgIpc) is 2.81.